The van der Waals surface area contributed by atoms with Crippen LogP contribution in [0.2, 0.25) is 0 Å². The van der Waals surface area contributed by atoms with Crippen LogP contribution in [0.5, 0.6) is 0 Å². The number of nitrogens with zero attached hydrogens (tertiary/aromatic N) is 4. The zero-order valence-electron chi connectivity index (χ0n) is 19.7. The SMILES string of the molecule is CCN(CC)CCCN1C(=O)C(=O)/C(=C(/O)c2c(C)nc3ccccn23)[C@H]1c1ccc(F)cc1. The van der Waals surface area contributed by atoms with Gasteiger partial charge in [0.2, 0.25) is 0 Å². The maximum absolute atomic E-state index is 13.7. The Balaban J connectivity index is 1.81. The third-order valence-electron chi connectivity index (χ3n) is 6.42. The zero-order chi connectivity index (χ0) is 24.4. The number of halogens is 1. The smallest absolute Gasteiger partial charge is 0.295 e. The molecule has 1 aromatic carbocycles. The number of aliphatic hydroxyl groups is 1. The summed E-state index contributed by atoms with van der Waals surface area (Å²) < 4.78 is 15.4. The molecule has 0 aliphatic carbocycles. The molecule has 1 aliphatic heterocycles. The molecule has 0 radical (unpaired) electrons. The quantitative estimate of drug-likeness (QED) is 0.310. The van der Waals surface area contributed by atoms with E-state index < -0.39 is 23.5 Å². The summed E-state index contributed by atoms with van der Waals surface area (Å²) in [7, 11) is 0. The highest BCUT2D eigenvalue weighted by molar-refractivity contribution is 6.46. The average molecular weight is 465 g/mol. The van der Waals surface area contributed by atoms with Crippen LogP contribution in [0.4, 0.5) is 4.39 Å². The second kappa shape index (κ2) is 9.77. The maximum atomic E-state index is 13.7. The first-order valence-electron chi connectivity index (χ1n) is 11.6. The van der Waals surface area contributed by atoms with Crippen molar-refractivity contribution in [2.24, 2.45) is 0 Å². The maximum Gasteiger partial charge on any atom is 0.295 e. The highest BCUT2D eigenvalue weighted by atomic mass is 19.1. The first kappa shape index (κ1) is 23.6. The van der Waals surface area contributed by atoms with Crippen molar-refractivity contribution in [2.75, 3.05) is 26.2 Å². The number of aromatic nitrogens is 2. The van der Waals surface area contributed by atoms with E-state index in [1.54, 1.807) is 41.8 Å². The molecule has 7 nitrogen and oxygen atoms in total. The normalized spacial score (nSPS) is 17.9. The van der Waals surface area contributed by atoms with E-state index in [0.717, 1.165) is 19.6 Å². The highest BCUT2D eigenvalue weighted by Gasteiger charge is 2.46. The number of ketones is 1. The van der Waals surface area contributed by atoms with Gasteiger partial charge in [0.15, 0.2) is 5.76 Å². The van der Waals surface area contributed by atoms with E-state index in [1.165, 1.54) is 17.0 Å². The lowest BCUT2D eigenvalue weighted by Gasteiger charge is -2.26. The first-order chi connectivity index (χ1) is 16.4. The monoisotopic (exact) mass is 464 g/mol. The molecule has 34 heavy (non-hydrogen) atoms. The van der Waals surface area contributed by atoms with Crippen molar-refractivity contribution < 1.29 is 19.1 Å². The van der Waals surface area contributed by atoms with Gasteiger partial charge in [-0.3, -0.25) is 14.0 Å². The second-order valence-corrected chi connectivity index (χ2v) is 8.40. The van der Waals surface area contributed by atoms with Crippen molar-refractivity contribution in [1.29, 1.82) is 0 Å². The summed E-state index contributed by atoms with van der Waals surface area (Å²) in [5.41, 5.74) is 2.08. The number of rotatable bonds is 8. The lowest BCUT2D eigenvalue weighted by molar-refractivity contribution is -0.140. The predicted molar refractivity (Wildman–Crippen MR) is 128 cm³/mol. The van der Waals surface area contributed by atoms with Crippen LogP contribution in [0.15, 0.2) is 54.2 Å². The number of aryl methyl sites for hydroxylation is 1. The Morgan fingerprint density at radius 3 is 2.50 bits per heavy atom. The number of carbonyl (C=O) groups is 2. The third kappa shape index (κ3) is 4.21. The molecule has 1 amide bonds. The number of pyridine rings is 1. The molecule has 0 spiro atoms. The van der Waals surface area contributed by atoms with E-state index in [-0.39, 0.29) is 11.3 Å². The number of amides is 1. The van der Waals surface area contributed by atoms with Gasteiger partial charge in [0.25, 0.3) is 11.7 Å². The minimum atomic E-state index is -0.814. The van der Waals surface area contributed by atoms with Crippen LogP contribution >= 0.6 is 0 Å². The Kier molecular flexibility index (Phi) is 6.79. The number of imidazole rings is 1. The van der Waals surface area contributed by atoms with Crippen LogP contribution in [0.3, 0.4) is 0 Å². The largest absolute Gasteiger partial charge is 0.505 e. The summed E-state index contributed by atoms with van der Waals surface area (Å²) in [4.78, 5) is 34.6. The number of fused-ring (bicyclic) bond motifs is 1. The molecule has 4 rings (SSSR count). The summed E-state index contributed by atoms with van der Waals surface area (Å²) in [6.45, 7) is 8.80. The van der Waals surface area contributed by atoms with Crippen LogP contribution in [-0.4, -0.2) is 62.2 Å². The van der Waals surface area contributed by atoms with E-state index in [0.29, 0.717) is 35.6 Å². The highest BCUT2D eigenvalue weighted by Crippen LogP contribution is 2.40. The molecular weight excluding hydrogens is 435 g/mol. The molecule has 3 heterocycles. The van der Waals surface area contributed by atoms with E-state index in [4.69, 9.17) is 0 Å². The Bertz CT molecular complexity index is 1240. The molecule has 3 aromatic rings. The molecule has 1 atom stereocenters. The van der Waals surface area contributed by atoms with Crippen molar-refractivity contribution >= 4 is 23.1 Å². The standard InChI is InChI=1S/C26H29FN4O3/c1-4-29(5-2)14-8-16-31-23(18-10-12-19(27)13-11-18)21(25(33)26(31)34)24(32)22-17(3)28-20-9-6-7-15-30(20)22/h6-7,9-13,15,23,32H,4-5,8,14,16H2,1-3H3/b24-21+/t23-/m1/s1. The minimum absolute atomic E-state index is 0.00630. The van der Waals surface area contributed by atoms with Crippen molar-refractivity contribution in [3.05, 3.63) is 77.0 Å². The van der Waals surface area contributed by atoms with Crippen molar-refractivity contribution in [1.82, 2.24) is 19.2 Å². The van der Waals surface area contributed by atoms with Gasteiger partial charge >= 0.3 is 0 Å². The van der Waals surface area contributed by atoms with Gasteiger partial charge in [-0.2, -0.15) is 0 Å². The number of aliphatic hydroxyl groups excluding tert-OH is 1. The molecule has 178 valence electrons. The topological polar surface area (TPSA) is 78.2 Å². The number of likely N-dealkylation sites (tertiary alicyclic amines) is 1. The van der Waals surface area contributed by atoms with E-state index in [2.05, 4.69) is 23.7 Å². The summed E-state index contributed by atoms with van der Waals surface area (Å²) in [5.74, 6) is -2.11. The van der Waals surface area contributed by atoms with Crippen LogP contribution in [0.25, 0.3) is 11.4 Å². The van der Waals surface area contributed by atoms with Gasteiger partial charge in [-0.15, -0.1) is 0 Å². The summed E-state index contributed by atoms with van der Waals surface area (Å²) >= 11 is 0. The summed E-state index contributed by atoms with van der Waals surface area (Å²) in [5, 5.41) is 11.4. The van der Waals surface area contributed by atoms with Gasteiger partial charge in [0.05, 0.1) is 17.3 Å². The van der Waals surface area contributed by atoms with E-state index in [1.807, 2.05) is 6.07 Å². The minimum Gasteiger partial charge on any atom is -0.505 e. The van der Waals surface area contributed by atoms with Gasteiger partial charge in [0, 0.05) is 12.7 Å². The number of benzene rings is 1. The Morgan fingerprint density at radius 2 is 1.82 bits per heavy atom. The third-order valence-corrected chi connectivity index (χ3v) is 6.42. The molecule has 1 N–H and O–H groups in total. The van der Waals surface area contributed by atoms with E-state index in [9.17, 15) is 19.1 Å². The average Bonchev–Trinajstić information content (AvgIpc) is 3.30. The van der Waals surface area contributed by atoms with Gasteiger partial charge < -0.3 is 14.9 Å². The molecule has 1 aliphatic rings. The van der Waals surface area contributed by atoms with Crippen LogP contribution < -0.4 is 0 Å². The Morgan fingerprint density at radius 1 is 1.12 bits per heavy atom. The molecule has 2 aromatic heterocycles. The summed E-state index contributed by atoms with van der Waals surface area (Å²) in [6.07, 6.45) is 2.42. The Hall–Kier alpha value is -3.52. The predicted octanol–water partition coefficient (Wildman–Crippen LogP) is 3.94. The number of hydrogen-bond donors (Lipinski definition) is 1. The molecule has 1 fully saturated rings. The van der Waals surface area contributed by atoms with E-state index >= 15 is 0 Å². The van der Waals surface area contributed by atoms with Gasteiger partial charge in [0.1, 0.15) is 17.2 Å². The van der Waals surface area contributed by atoms with Gasteiger partial charge in [-0.25, -0.2) is 9.37 Å². The van der Waals surface area contributed by atoms with Crippen molar-refractivity contribution in [3.8, 4) is 0 Å². The molecular formula is C26H29FN4O3. The number of carbonyl (C=O) groups excluding carboxylic acids is 2. The fourth-order valence-electron chi connectivity index (χ4n) is 4.63. The second-order valence-electron chi connectivity index (χ2n) is 8.40. The van der Waals surface area contributed by atoms with Crippen LogP contribution in [0.1, 0.15) is 43.3 Å². The molecule has 0 bridgehead atoms. The number of Topliss-reactive ketones (excluding diaryl/α,β-unsaturated/α-hetero) is 1. The zero-order valence-corrected chi connectivity index (χ0v) is 19.7. The molecule has 8 heteroatoms. The van der Waals surface area contributed by atoms with Crippen LogP contribution in [0, 0.1) is 12.7 Å². The Labute approximate surface area is 198 Å². The lowest BCUT2D eigenvalue weighted by Crippen LogP contribution is -2.33. The van der Waals surface area contributed by atoms with Gasteiger partial charge in [-0.1, -0.05) is 32.0 Å². The fraction of sp³-hybridized carbons (Fsp3) is 0.346. The molecule has 1 saturated heterocycles. The first-order valence-corrected chi connectivity index (χ1v) is 11.6. The van der Waals surface area contributed by atoms with Crippen molar-refractivity contribution in [2.45, 2.75) is 33.2 Å². The number of hydrogen-bond acceptors (Lipinski definition) is 5. The van der Waals surface area contributed by atoms with Crippen molar-refractivity contribution in [3.63, 3.8) is 0 Å². The van der Waals surface area contributed by atoms with Gasteiger partial charge in [-0.05, 0) is 62.8 Å². The molecule has 0 saturated carbocycles. The molecule has 0 unspecified atom stereocenters. The fourth-order valence-corrected chi connectivity index (χ4v) is 4.63. The summed E-state index contributed by atoms with van der Waals surface area (Å²) in [6, 6.07) is 10.3. The lowest BCUT2D eigenvalue weighted by atomic mass is 9.96. The van der Waals surface area contributed by atoms with Crippen LogP contribution in [-0.2, 0) is 9.59 Å².